The van der Waals surface area contributed by atoms with E-state index in [1.54, 1.807) is 12.1 Å². The van der Waals surface area contributed by atoms with Crippen LogP contribution in [0.1, 0.15) is 5.56 Å². The zero-order valence-corrected chi connectivity index (χ0v) is 13.8. The molecule has 2 nitrogen and oxygen atoms in total. The van der Waals surface area contributed by atoms with E-state index in [1.165, 1.54) is 0 Å². The van der Waals surface area contributed by atoms with Gasteiger partial charge in [0.05, 0.1) is 15.6 Å². The topological polar surface area (TPSA) is 25.8 Å². The predicted octanol–water partition coefficient (Wildman–Crippen LogP) is 6.22. The highest BCUT2D eigenvalue weighted by Gasteiger charge is 2.14. The van der Waals surface area contributed by atoms with Crippen molar-refractivity contribution in [2.45, 2.75) is 6.92 Å². The minimum absolute atomic E-state index is 0.289. The molecule has 1 heterocycles. The monoisotopic (exact) mass is 356 g/mol. The third kappa shape index (κ3) is 2.69. The summed E-state index contributed by atoms with van der Waals surface area (Å²) in [6.07, 6.45) is 0. The van der Waals surface area contributed by atoms with Gasteiger partial charge in [-0.1, -0.05) is 58.5 Å². The Labute approximate surface area is 141 Å². The summed E-state index contributed by atoms with van der Waals surface area (Å²) < 4.78 is 0. The van der Waals surface area contributed by atoms with Crippen molar-refractivity contribution in [1.82, 2.24) is 9.97 Å². The molecule has 106 valence electrons. The molecule has 2 aromatic carbocycles. The molecule has 0 N–H and O–H groups in total. The summed E-state index contributed by atoms with van der Waals surface area (Å²) >= 11 is 24.7. The van der Waals surface area contributed by atoms with Crippen molar-refractivity contribution in [1.29, 1.82) is 0 Å². The Morgan fingerprint density at radius 1 is 0.952 bits per heavy atom. The Bertz CT molecular complexity index is 862. The van der Waals surface area contributed by atoms with Gasteiger partial charge in [-0.3, -0.25) is 0 Å². The van der Waals surface area contributed by atoms with Gasteiger partial charge in [0.1, 0.15) is 5.15 Å². The summed E-state index contributed by atoms with van der Waals surface area (Å²) in [4.78, 5) is 8.79. The number of rotatable bonds is 1. The second-order valence-electron chi connectivity index (χ2n) is 4.56. The van der Waals surface area contributed by atoms with Gasteiger partial charge in [0.15, 0.2) is 5.82 Å². The molecule has 0 amide bonds. The lowest BCUT2D eigenvalue weighted by molar-refractivity contribution is 1.22. The van der Waals surface area contributed by atoms with Gasteiger partial charge in [0.25, 0.3) is 0 Å². The normalized spacial score (nSPS) is 11.1. The Hall–Kier alpha value is -1.06. The lowest BCUT2D eigenvalue weighted by Crippen LogP contribution is -1.94. The van der Waals surface area contributed by atoms with Gasteiger partial charge in [0.2, 0.25) is 0 Å². The van der Waals surface area contributed by atoms with Gasteiger partial charge in [-0.15, -0.1) is 0 Å². The zero-order valence-electron chi connectivity index (χ0n) is 10.8. The first-order valence-electron chi connectivity index (χ1n) is 6.05. The summed E-state index contributed by atoms with van der Waals surface area (Å²) in [5.74, 6) is 0.436. The Kier molecular flexibility index (Phi) is 3.98. The molecule has 21 heavy (non-hydrogen) atoms. The van der Waals surface area contributed by atoms with Crippen molar-refractivity contribution in [2.24, 2.45) is 0 Å². The fraction of sp³-hybridized carbons (Fsp3) is 0.0667. The maximum atomic E-state index is 6.32. The molecule has 0 atom stereocenters. The van der Waals surface area contributed by atoms with Crippen LogP contribution in [0.5, 0.6) is 0 Å². The molecule has 0 unspecified atom stereocenters. The van der Waals surface area contributed by atoms with Crippen molar-refractivity contribution >= 4 is 57.3 Å². The van der Waals surface area contributed by atoms with Gasteiger partial charge >= 0.3 is 0 Å². The quantitative estimate of drug-likeness (QED) is 0.483. The molecule has 0 aliphatic carbocycles. The van der Waals surface area contributed by atoms with E-state index in [-0.39, 0.29) is 5.15 Å². The number of aryl methyl sites for hydroxylation is 1. The zero-order chi connectivity index (χ0) is 15.1. The van der Waals surface area contributed by atoms with E-state index in [4.69, 9.17) is 46.4 Å². The van der Waals surface area contributed by atoms with E-state index in [0.717, 1.165) is 5.56 Å². The van der Waals surface area contributed by atoms with Crippen molar-refractivity contribution in [3.8, 4) is 11.4 Å². The van der Waals surface area contributed by atoms with Gasteiger partial charge in [-0.25, -0.2) is 9.97 Å². The molecule has 0 fully saturated rings. The summed E-state index contributed by atoms with van der Waals surface area (Å²) in [5.41, 5.74) is 2.20. The Morgan fingerprint density at radius 2 is 1.71 bits per heavy atom. The average Bonchev–Trinajstić information content (AvgIpc) is 2.43. The van der Waals surface area contributed by atoms with Crippen LogP contribution in [0.2, 0.25) is 20.2 Å². The predicted molar refractivity (Wildman–Crippen MR) is 89.8 cm³/mol. The fourth-order valence-electron chi connectivity index (χ4n) is 2.06. The Balaban J connectivity index is 2.33. The summed E-state index contributed by atoms with van der Waals surface area (Å²) in [6, 6.07) is 8.96. The standard InChI is InChI=1S/C15H8Cl4N2/c1-7-3-2-4-9(12(7)18)15-20-13-10(14(19)21-15)5-8(16)6-11(13)17/h2-6H,1H3. The molecule has 3 aromatic rings. The average molecular weight is 358 g/mol. The van der Waals surface area contributed by atoms with Crippen LogP contribution in [0.3, 0.4) is 0 Å². The van der Waals surface area contributed by atoms with Crippen molar-refractivity contribution < 1.29 is 0 Å². The number of aromatic nitrogens is 2. The van der Waals surface area contributed by atoms with Crippen LogP contribution in [0.25, 0.3) is 22.3 Å². The molecule has 6 heteroatoms. The molecule has 0 aliphatic heterocycles. The van der Waals surface area contributed by atoms with Crippen LogP contribution in [-0.4, -0.2) is 9.97 Å². The molecule has 0 aliphatic rings. The van der Waals surface area contributed by atoms with Crippen molar-refractivity contribution in [3.05, 3.63) is 56.1 Å². The highest BCUT2D eigenvalue weighted by Crippen LogP contribution is 2.34. The van der Waals surface area contributed by atoms with Crippen molar-refractivity contribution in [2.75, 3.05) is 0 Å². The summed E-state index contributed by atoms with van der Waals surface area (Å²) in [6.45, 7) is 1.92. The van der Waals surface area contributed by atoms with Crippen LogP contribution in [0.15, 0.2) is 30.3 Å². The second-order valence-corrected chi connectivity index (χ2v) is 6.14. The van der Waals surface area contributed by atoms with E-state index in [2.05, 4.69) is 9.97 Å². The van der Waals surface area contributed by atoms with Crippen LogP contribution in [-0.2, 0) is 0 Å². The minimum Gasteiger partial charge on any atom is -0.226 e. The fourth-order valence-corrected chi connectivity index (χ4v) is 3.03. The molecule has 3 rings (SSSR count). The number of halogens is 4. The first-order valence-corrected chi connectivity index (χ1v) is 7.56. The van der Waals surface area contributed by atoms with Crippen LogP contribution in [0.4, 0.5) is 0 Å². The van der Waals surface area contributed by atoms with Gasteiger partial charge in [-0.2, -0.15) is 0 Å². The number of hydrogen-bond donors (Lipinski definition) is 0. The van der Waals surface area contributed by atoms with Crippen LogP contribution < -0.4 is 0 Å². The van der Waals surface area contributed by atoms with Crippen LogP contribution >= 0.6 is 46.4 Å². The maximum absolute atomic E-state index is 6.32. The van der Waals surface area contributed by atoms with Gasteiger partial charge in [-0.05, 0) is 30.7 Å². The molecular formula is C15H8Cl4N2. The van der Waals surface area contributed by atoms with Gasteiger partial charge in [0, 0.05) is 16.0 Å². The minimum atomic E-state index is 0.289. The number of fused-ring (bicyclic) bond motifs is 1. The number of nitrogens with zero attached hydrogens (tertiary/aromatic N) is 2. The van der Waals surface area contributed by atoms with E-state index in [0.29, 0.717) is 37.4 Å². The van der Waals surface area contributed by atoms with E-state index >= 15 is 0 Å². The first-order chi connectivity index (χ1) is 9.97. The molecule has 0 spiro atoms. The van der Waals surface area contributed by atoms with Gasteiger partial charge < -0.3 is 0 Å². The molecule has 1 aromatic heterocycles. The third-order valence-corrected chi connectivity index (χ3v) is 4.40. The molecule has 0 saturated carbocycles. The molecule has 0 saturated heterocycles. The first kappa shape index (κ1) is 14.9. The lowest BCUT2D eigenvalue weighted by Gasteiger charge is -2.09. The number of hydrogen-bond acceptors (Lipinski definition) is 2. The van der Waals surface area contributed by atoms with E-state index in [9.17, 15) is 0 Å². The van der Waals surface area contributed by atoms with Crippen molar-refractivity contribution in [3.63, 3.8) is 0 Å². The highest BCUT2D eigenvalue weighted by molar-refractivity contribution is 6.41. The van der Waals surface area contributed by atoms with E-state index in [1.807, 2.05) is 25.1 Å². The number of benzene rings is 2. The highest BCUT2D eigenvalue weighted by atomic mass is 35.5. The SMILES string of the molecule is Cc1cccc(-c2nc(Cl)c3cc(Cl)cc(Cl)c3n2)c1Cl. The van der Waals surface area contributed by atoms with E-state index < -0.39 is 0 Å². The maximum Gasteiger partial charge on any atom is 0.163 e. The third-order valence-electron chi connectivity index (χ3n) is 3.10. The smallest absolute Gasteiger partial charge is 0.163 e. The Morgan fingerprint density at radius 3 is 2.48 bits per heavy atom. The largest absolute Gasteiger partial charge is 0.226 e. The molecule has 0 bridgehead atoms. The molecular weight excluding hydrogens is 350 g/mol. The van der Waals surface area contributed by atoms with Crippen LogP contribution in [0, 0.1) is 6.92 Å². The lowest BCUT2D eigenvalue weighted by atomic mass is 10.1. The second kappa shape index (κ2) is 5.62. The summed E-state index contributed by atoms with van der Waals surface area (Å²) in [7, 11) is 0. The molecule has 0 radical (unpaired) electrons. The summed E-state index contributed by atoms with van der Waals surface area (Å²) in [5, 5.41) is 2.41.